The number of aromatic nitrogens is 4. The predicted octanol–water partition coefficient (Wildman–Crippen LogP) is -0.0240. The topological polar surface area (TPSA) is 86.7 Å². The highest BCUT2D eigenvalue weighted by molar-refractivity contribution is 5.90. The van der Waals surface area contributed by atoms with Crippen molar-refractivity contribution in [3.63, 3.8) is 0 Å². The maximum atomic E-state index is 10.9. The molecule has 0 aliphatic carbocycles. The van der Waals surface area contributed by atoms with Crippen LogP contribution in [0.3, 0.4) is 0 Å². The van der Waals surface area contributed by atoms with Crippen LogP contribution in [0.15, 0.2) is 24.5 Å². The van der Waals surface area contributed by atoms with Crippen molar-refractivity contribution in [2.45, 2.75) is 0 Å². The summed E-state index contributed by atoms with van der Waals surface area (Å²) >= 11 is 0. The van der Waals surface area contributed by atoms with Gasteiger partial charge in [-0.2, -0.15) is 5.10 Å². The molecule has 2 rings (SSSR count). The molecule has 2 heterocycles. The summed E-state index contributed by atoms with van der Waals surface area (Å²) in [6, 6.07) is 3.24. The van der Waals surface area contributed by atoms with E-state index >= 15 is 0 Å². The summed E-state index contributed by atoms with van der Waals surface area (Å²) in [7, 11) is 1.77. The summed E-state index contributed by atoms with van der Waals surface area (Å²) in [5.41, 5.74) is 6.05. The number of hydrogen-bond acceptors (Lipinski definition) is 4. The van der Waals surface area contributed by atoms with Gasteiger partial charge in [-0.1, -0.05) is 0 Å². The number of aryl methyl sites for hydroxylation is 1. The second kappa shape index (κ2) is 3.49. The average molecular weight is 203 g/mol. The highest BCUT2D eigenvalue weighted by atomic mass is 16.1. The summed E-state index contributed by atoms with van der Waals surface area (Å²) in [4.78, 5) is 19.0. The fraction of sp³-hybridized carbons (Fsp3) is 0.111. The summed E-state index contributed by atoms with van der Waals surface area (Å²) < 4.78 is 1.63. The maximum absolute atomic E-state index is 10.9. The second-order valence-electron chi connectivity index (χ2n) is 2.97. The van der Waals surface area contributed by atoms with Crippen LogP contribution in [-0.2, 0) is 7.05 Å². The van der Waals surface area contributed by atoms with Crippen molar-refractivity contribution >= 4 is 5.91 Å². The summed E-state index contributed by atoms with van der Waals surface area (Å²) in [6.45, 7) is 0. The van der Waals surface area contributed by atoms with Crippen molar-refractivity contribution in [2.75, 3.05) is 0 Å². The van der Waals surface area contributed by atoms with Crippen LogP contribution >= 0.6 is 0 Å². The Morgan fingerprint density at radius 1 is 1.40 bits per heavy atom. The van der Waals surface area contributed by atoms with E-state index in [0.29, 0.717) is 5.82 Å². The van der Waals surface area contributed by atoms with Gasteiger partial charge in [0.2, 0.25) is 0 Å². The fourth-order valence-electron chi connectivity index (χ4n) is 1.21. The zero-order chi connectivity index (χ0) is 10.8. The van der Waals surface area contributed by atoms with Gasteiger partial charge in [0.25, 0.3) is 5.91 Å². The quantitative estimate of drug-likeness (QED) is 0.742. The van der Waals surface area contributed by atoms with Crippen LogP contribution in [0.5, 0.6) is 0 Å². The van der Waals surface area contributed by atoms with Crippen molar-refractivity contribution in [2.24, 2.45) is 12.8 Å². The molecule has 2 N–H and O–H groups in total. The first-order chi connectivity index (χ1) is 7.18. The lowest BCUT2D eigenvalue weighted by Crippen LogP contribution is -2.14. The lowest BCUT2D eigenvalue weighted by molar-refractivity contribution is 0.0995. The van der Waals surface area contributed by atoms with E-state index in [1.165, 1.54) is 12.3 Å². The molecule has 0 fully saturated rings. The Balaban J connectivity index is 2.50. The van der Waals surface area contributed by atoms with E-state index in [1.54, 1.807) is 24.0 Å². The van der Waals surface area contributed by atoms with Crippen LogP contribution < -0.4 is 5.73 Å². The molecule has 1 amide bonds. The molecule has 0 spiro atoms. The maximum Gasteiger partial charge on any atom is 0.267 e. The van der Waals surface area contributed by atoms with E-state index in [-0.39, 0.29) is 5.69 Å². The van der Waals surface area contributed by atoms with Crippen molar-refractivity contribution in [1.29, 1.82) is 0 Å². The summed E-state index contributed by atoms with van der Waals surface area (Å²) in [5, 5.41) is 3.99. The van der Waals surface area contributed by atoms with Gasteiger partial charge in [-0.05, 0) is 12.1 Å². The van der Waals surface area contributed by atoms with E-state index in [0.717, 1.165) is 5.69 Å². The first-order valence-electron chi connectivity index (χ1n) is 4.29. The molecule has 0 aliphatic heterocycles. The minimum Gasteiger partial charge on any atom is -0.364 e. The molecule has 0 saturated heterocycles. The Hall–Kier alpha value is -2.24. The third kappa shape index (κ3) is 1.69. The molecule has 6 heteroatoms. The first-order valence-corrected chi connectivity index (χ1v) is 4.29. The molecule has 0 atom stereocenters. The fourth-order valence-corrected chi connectivity index (χ4v) is 1.21. The molecular formula is C9H9N5O. The molecule has 0 aromatic carbocycles. The smallest absolute Gasteiger partial charge is 0.267 e. The summed E-state index contributed by atoms with van der Waals surface area (Å²) in [5.74, 6) is -0.132. The van der Waals surface area contributed by atoms with Gasteiger partial charge in [0.15, 0.2) is 5.82 Å². The van der Waals surface area contributed by atoms with E-state index in [4.69, 9.17) is 5.73 Å². The van der Waals surface area contributed by atoms with E-state index in [1.807, 2.05) is 0 Å². The van der Waals surface area contributed by atoms with Gasteiger partial charge in [-0.25, -0.2) is 9.97 Å². The summed E-state index contributed by atoms with van der Waals surface area (Å²) in [6.07, 6.45) is 3.13. The Kier molecular flexibility index (Phi) is 2.17. The van der Waals surface area contributed by atoms with Crippen LogP contribution in [0.2, 0.25) is 0 Å². The number of nitrogens with zero attached hydrogens (tertiary/aromatic N) is 4. The molecule has 0 unspecified atom stereocenters. The largest absolute Gasteiger partial charge is 0.364 e. The van der Waals surface area contributed by atoms with Crippen molar-refractivity contribution in [1.82, 2.24) is 19.7 Å². The third-order valence-electron chi connectivity index (χ3n) is 1.96. The molecule has 2 aromatic heterocycles. The Bertz CT molecular complexity index is 505. The minimum atomic E-state index is -0.569. The van der Waals surface area contributed by atoms with Crippen LogP contribution in [0.4, 0.5) is 0 Å². The minimum absolute atomic E-state index is 0.196. The number of nitrogens with two attached hydrogens (primary N) is 1. The molecule has 6 nitrogen and oxygen atoms in total. The molecule has 0 radical (unpaired) electrons. The number of rotatable bonds is 2. The van der Waals surface area contributed by atoms with Crippen molar-refractivity contribution < 1.29 is 4.79 Å². The molecule has 0 saturated carbocycles. The van der Waals surface area contributed by atoms with Gasteiger partial charge in [-0.3, -0.25) is 9.48 Å². The number of hydrogen-bond donors (Lipinski definition) is 1. The van der Waals surface area contributed by atoms with Crippen molar-refractivity contribution in [3.8, 4) is 11.5 Å². The number of carbonyl (C=O) groups excluding carboxylic acids is 1. The van der Waals surface area contributed by atoms with E-state index < -0.39 is 5.91 Å². The SMILES string of the molecule is Cn1nccc1-c1nccc(C(N)=O)n1. The predicted molar refractivity (Wildman–Crippen MR) is 52.8 cm³/mol. The molecule has 2 aromatic rings. The molecule has 0 aliphatic rings. The van der Waals surface area contributed by atoms with Gasteiger partial charge in [-0.15, -0.1) is 0 Å². The molecule has 76 valence electrons. The number of amides is 1. The zero-order valence-corrected chi connectivity index (χ0v) is 8.08. The monoisotopic (exact) mass is 203 g/mol. The molecule has 15 heavy (non-hydrogen) atoms. The Morgan fingerprint density at radius 3 is 2.80 bits per heavy atom. The normalized spacial score (nSPS) is 10.2. The lowest BCUT2D eigenvalue weighted by atomic mass is 10.3. The average Bonchev–Trinajstić information content (AvgIpc) is 2.64. The molecule has 0 bridgehead atoms. The van der Waals surface area contributed by atoms with Crippen LogP contribution in [0.25, 0.3) is 11.5 Å². The highest BCUT2D eigenvalue weighted by Gasteiger charge is 2.08. The Labute approximate surface area is 85.8 Å². The van der Waals surface area contributed by atoms with Crippen LogP contribution in [-0.4, -0.2) is 25.7 Å². The second-order valence-corrected chi connectivity index (χ2v) is 2.97. The van der Waals surface area contributed by atoms with Gasteiger partial charge < -0.3 is 5.73 Å². The van der Waals surface area contributed by atoms with Gasteiger partial charge in [0, 0.05) is 19.4 Å². The van der Waals surface area contributed by atoms with Crippen LogP contribution in [0.1, 0.15) is 10.5 Å². The number of primary amides is 1. The standard InChI is InChI=1S/C9H9N5O/c1-14-7(3-5-12-14)9-11-4-2-6(13-9)8(10)15/h2-5H,1H3,(H2,10,15). The van der Waals surface area contributed by atoms with E-state index in [9.17, 15) is 4.79 Å². The van der Waals surface area contributed by atoms with Gasteiger partial charge in [0.1, 0.15) is 11.4 Å². The lowest BCUT2D eigenvalue weighted by Gasteiger charge is -2.01. The Morgan fingerprint density at radius 2 is 2.20 bits per heavy atom. The first kappa shape index (κ1) is 9.32. The molecular weight excluding hydrogens is 194 g/mol. The third-order valence-corrected chi connectivity index (χ3v) is 1.96. The van der Waals surface area contributed by atoms with Crippen molar-refractivity contribution in [3.05, 3.63) is 30.2 Å². The highest BCUT2D eigenvalue weighted by Crippen LogP contribution is 2.12. The van der Waals surface area contributed by atoms with E-state index in [2.05, 4.69) is 15.1 Å². The van der Waals surface area contributed by atoms with Crippen LogP contribution in [0, 0.1) is 0 Å². The number of carbonyl (C=O) groups is 1. The van der Waals surface area contributed by atoms with Gasteiger partial charge in [0.05, 0.1) is 0 Å². The van der Waals surface area contributed by atoms with Gasteiger partial charge >= 0.3 is 0 Å². The zero-order valence-electron chi connectivity index (χ0n) is 8.08.